The Bertz CT molecular complexity index is 736. The van der Waals surface area contributed by atoms with Crippen LogP contribution >= 0.6 is 0 Å². The van der Waals surface area contributed by atoms with Crippen molar-refractivity contribution < 1.29 is 28.3 Å². The first-order chi connectivity index (χ1) is 9.90. The van der Waals surface area contributed by atoms with Gasteiger partial charge in [-0.25, -0.2) is 18.6 Å². The number of nitro benzene ring substituents is 1. The van der Waals surface area contributed by atoms with Gasteiger partial charge in [-0.1, -0.05) is 0 Å². The molecular weight excluding hydrogens is 290 g/mol. The second kappa shape index (κ2) is 5.49. The van der Waals surface area contributed by atoms with Gasteiger partial charge in [0.15, 0.2) is 5.82 Å². The lowest BCUT2D eigenvalue weighted by Gasteiger charge is -2.07. The third-order valence-corrected chi connectivity index (χ3v) is 2.41. The van der Waals surface area contributed by atoms with Gasteiger partial charge in [0.25, 0.3) is 5.88 Å². The molecule has 2 aromatic rings. The van der Waals surface area contributed by atoms with Crippen LogP contribution in [0.5, 0.6) is 11.6 Å². The number of pyridine rings is 1. The summed E-state index contributed by atoms with van der Waals surface area (Å²) >= 11 is 0. The third kappa shape index (κ3) is 2.91. The van der Waals surface area contributed by atoms with Gasteiger partial charge < -0.3 is 9.84 Å². The Morgan fingerprint density at radius 2 is 2.05 bits per heavy atom. The SMILES string of the molecule is O=C(O)c1ccnc(Oc2cc(F)ccc2[N+](=O)[O-])c1F. The van der Waals surface area contributed by atoms with Crippen LogP contribution in [0.15, 0.2) is 30.5 Å². The molecule has 0 bridgehead atoms. The second-order valence-corrected chi connectivity index (χ2v) is 3.75. The van der Waals surface area contributed by atoms with E-state index >= 15 is 0 Å². The monoisotopic (exact) mass is 296 g/mol. The van der Waals surface area contributed by atoms with Crippen LogP contribution in [0.1, 0.15) is 10.4 Å². The largest absolute Gasteiger partial charge is 0.478 e. The zero-order chi connectivity index (χ0) is 15.6. The molecule has 108 valence electrons. The Hall–Kier alpha value is -3.10. The summed E-state index contributed by atoms with van der Waals surface area (Å²) in [4.78, 5) is 24.1. The zero-order valence-electron chi connectivity index (χ0n) is 10.1. The first kappa shape index (κ1) is 14.3. The molecule has 0 amide bonds. The van der Waals surface area contributed by atoms with Crippen LogP contribution in [0.2, 0.25) is 0 Å². The number of benzene rings is 1. The molecule has 0 aliphatic heterocycles. The molecule has 0 atom stereocenters. The van der Waals surface area contributed by atoms with E-state index in [1.165, 1.54) is 0 Å². The average molecular weight is 296 g/mol. The van der Waals surface area contributed by atoms with Crippen molar-refractivity contribution in [3.05, 3.63) is 57.8 Å². The molecule has 9 heteroatoms. The first-order valence-corrected chi connectivity index (χ1v) is 5.39. The first-order valence-electron chi connectivity index (χ1n) is 5.39. The van der Waals surface area contributed by atoms with Gasteiger partial charge in [-0.15, -0.1) is 0 Å². The molecule has 7 nitrogen and oxygen atoms in total. The highest BCUT2D eigenvalue weighted by atomic mass is 19.1. The molecular formula is C12H6F2N2O5. The lowest BCUT2D eigenvalue weighted by molar-refractivity contribution is -0.385. The van der Waals surface area contributed by atoms with Crippen molar-refractivity contribution in [3.63, 3.8) is 0 Å². The highest BCUT2D eigenvalue weighted by Crippen LogP contribution is 2.32. The predicted octanol–water partition coefficient (Wildman–Crippen LogP) is 2.76. The van der Waals surface area contributed by atoms with Crippen LogP contribution in [0.4, 0.5) is 14.5 Å². The van der Waals surface area contributed by atoms with Crippen molar-refractivity contribution in [2.75, 3.05) is 0 Å². The van der Waals surface area contributed by atoms with Gasteiger partial charge in [-0.3, -0.25) is 10.1 Å². The standard InChI is InChI=1S/C12H6F2N2O5/c13-6-1-2-8(16(19)20)9(5-6)21-11-10(14)7(12(17)18)3-4-15-11/h1-5H,(H,17,18). The number of carbonyl (C=O) groups is 1. The summed E-state index contributed by atoms with van der Waals surface area (Å²) in [6.45, 7) is 0. The number of nitro groups is 1. The fourth-order valence-corrected chi connectivity index (χ4v) is 1.49. The molecule has 0 spiro atoms. The van der Waals surface area contributed by atoms with Crippen LogP contribution in [-0.4, -0.2) is 21.0 Å². The van der Waals surface area contributed by atoms with Crippen LogP contribution in [0.3, 0.4) is 0 Å². The fraction of sp³-hybridized carbons (Fsp3) is 0. The third-order valence-electron chi connectivity index (χ3n) is 2.41. The molecule has 21 heavy (non-hydrogen) atoms. The van der Waals surface area contributed by atoms with Gasteiger partial charge in [0.1, 0.15) is 11.4 Å². The van der Waals surface area contributed by atoms with Crippen LogP contribution in [0.25, 0.3) is 0 Å². The Kier molecular flexibility index (Phi) is 3.74. The Morgan fingerprint density at radius 1 is 1.33 bits per heavy atom. The molecule has 1 aromatic carbocycles. The van der Waals surface area contributed by atoms with Crippen molar-refractivity contribution in [2.45, 2.75) is 0 Å². The van der Waals surface area contributed by atoms with Crippen LogP contribution < -0.4 is 4.74 Å². The van der Waals surface area contributed by atoms with Gasteiger partial charge in [0.2, 0.25) is 5.75 Å². The smallest absolute Gasteiger partial charge is 0.338 e. The predicted molar refractivity (Wildman–Crippen MR) is 64.3 cm³/mol. The van der Waals surface area contributed by atoms with Crippen LogP contribution in [-0.2, 0) is 0 Å². The van der Waals surface area contributed by atoms with Crippen molar-refractivity contribution >= 4 is 11.7 Å². The number of rotatable bonds is 4. The molecule has 1 heterocycles. The lowest BCUT2D eigenvalue weighted by atomic mass is 10.2. The molecule has 1 aromatic heterocycles. The van der Waals surface area contributed by atoms with Crippen molar-refractivity contribution in [2.24, 2.45) is 0 Å². The van der Waals surface area contributed by atoms with Gasteiger partial charge >= 0.3 is 11.7 Å². The number of nitrogens with zero attached hydrogens (tertiary/aromatic N) is 2. The highest BCUT2D eigenvalue weighted by Gasteiger charge is 2.21. The average Bonchev–Trinajstić information content (AvgIpc) is 2.40. The summed E-state index contributed by atoms with van der Waals surface area (Å²) in [6, 6.07) is 3.24. The van der Waals surface area contributed by atoms with E-state index in [2.05, 4.69) is 4.98 Å². The molecule has 0 saturated carbocycles. The number of hydrogen-bond acceptors (Lipinski definition) is 5. The van der Waals surface area contributed by atoms with Gasteiger partial charge in [-0.05, 0) is 12.1 Å². The maximum atomic E-state index is 13.8. The Labute approximate surface area is 115 Å². The van der Waals surface area contributed by atoms with Crippen LogP contribution in [0, 0.1) is 21.7 Å². The minimum absolute atomic E-state index is 0.589. The number of aromatic carboxylic acids is 1. The molecule has 1 N–H and O–H groups in total. The topological polar surface area (TPSA) is 103 Å². The van der Waals surface area contributed by atoms with E-state index in [1.54, 1.807) is 0 Å². The number of halogens is 2. The molecule has 0 aliphatic rings. The lowest BCUT2D eigenvalue weighted by Crippen LogP contribution is -2.04. The Balaban J connectivity index is 2.48. The van der Waals surface area contributed by atoms with Crippen molar-refractivity contribution in [1.29, 1.82) is 0 Å². The summed E-state index contributed by atoms with van der Waals surface area (Å²) in [6.07, 6.45) is 0.951. The molecule has 0 saturated heterocycles. The van der Waals surface area contributed by atoms with E-state index < -0.39 is 45.4 Å². The maximum absolute atomic E-state index is 13.8. The van der Waals surface area contributed by atoms with Gasteiger partial charge in [0.05, 0.1) is 4.92 Å². The van der Waals surface area contributed by atoms with Gasteiger partial charge in [-0.2, -0.15) is 0 Å². The van der Waals surface area contributed by atoms with E-state index in [-0.39, 0.29) is 0 Å². The van der Waals surface area contributed by atoms with E-state index in [9.17, 15) is 23.7 Å². The normalized spacial score (nSPS) is 10.2. The van der Waals surface area contributed by atoms with Crippen molar-refractivity contribution in [3.8, 4) is 11.6 Å². The van der Waals surface area contributed by atoms with E-state index in [4.69, 9.17) is 9.84 Å². The summed E-state index contributed by atoms with van der Waals surface area (Å²) in [5.41, 5.74) is -1.34. The maximum Gasteiger partial charge on any atom is 0.338 e. The number of ether oxygens (including phenoxy) is 1. The van der Waals surface area contributed by atoms with Crippen molar-refractivity contribution in [1.82, 2.24) is 4.98 Å². The number of carboxylic acid groups (broad SMARTS) is 1. The Morgan fingerprint density at radius 3 is 2.67 bits per heavy atom. The summed E-state index contributed by atoms with van der Waals surface area (Å²) in [5, 5.41) is 19.5. The van der Waals surface area contributed by atoms with E-state index in [0.29, 0.717) is 6.07 Å². The van der Waals surface area contributed by atoms with E-state index in [1.807, 2.05) is 0 Å². The summed E-state index contributed by atoms with van der Waals surface area (Å²) in [7, 11) is 0. The summed E-state index contributed by atoms with van der Waals surface area (Å²) < 4.78 is 31.8. The second-order valence-electron chi connectivity index (χ2n) is 3.75. The highest BCUT2D eigenvalue weighted by molar-refractivity contribution is 5.88. The fourth-order valence-electron chi connectivity index (χ4n) is 1.49. The number of hydrogen-bond donors (Lipinski definition) is 1. The zero-order valence-corrected chi connectivity index (χ0v) is 10.1. The molecule has 0 fully saturated rings. The number of aromatic nitrogens is 1. The molecule has 0 aliphatic carbocycles. The summed E-state index contributed by atoms with van der Waals surface area (Å²) in [5.74, 6) is -5.11. The molecule has 0 radical (unpaired) electrons. The van der Waals surface area contributed by atoms with E-state index in [0.717, 1.165) is 24.4 Å². The number of carboxylic acids is 1. The quantitative estimate of drug-likeness (QED) is 0.687. The minimum Gasteiger partial charge on any atom is -0.478 e. The van der Waals surface area contributed by atoms with Gasteiger partial charge in [0, 0.05) is 18.3 Å². The molecule has 2 rings (SSSR count). The molecule has 0 unspecified atom stereocenters. The minimum atomic E-state index is -1.56.